The zero-order chi connectivity index (χ0) is 12.0. The summed E-state index contributed by atoms with van der Waals surface area (Å²) >= 11 is 0. The van der Waals surface area contributed by atoms with Gasteiger partial charge in [0.15, 0.2) is 0 Å². The number of hydrogen-bond donors (Lipinski definition) is 3. The van der Waals surface area contributed by atoms with Crippen molar-refractivity contribution in [1.29, 1.82) is 0 Å². The lowest BCUT2D eigenvalue weighted by Crippen LogP contribution is -2.59. The number of aliphatic carboxylic acids is 1. The van der Waals surface area contributed by atoms with E-state index in [1.165, 1.54) is 0 Å². The molecule has 2 amide bonds. The standard InChI is InChI=1S/C10H18N2O4/c1-16-7-10(4-2-5-10)12-9(15)11-6-3-8(13)14/h2-7H2,1H3,(H,13,14)(H2,11,12,15). The van der Waals surface area contributed by atoms with Crippen molar-refractivity contribution in [3.63, 3.8) is 0 Å². The minimum atomic E-state index is -0.921. The Kier molecular flexibility index (Phi) is 4.54. The van der Waals surface area contributed by atoms with Gasteiger partial charge in [-0.1, -0.05) is 0 Å². The average molecular weight is 230 g/mol. The number of hydrogen-bond acceptors (Lipinski definition) is 3. The Morgan fingerprint density at radius 1 is 1.44 bits per heavy atom. The molecule has 0 aromatic carbocycles. The van der Waals surface area contributed by atoms with E-state index in [4.69, 9.17) is 9.84 Å². The van der Waals surface area contributed by atoms with Crippen LogP contribution in [0.3, 0.4) is 0 Å². The maximum absolute atomic E-state index is 11.4. The highest BCUT2D eigenvalue weighted by molar-refractivity contribution is 5.76. The molecule has 92 valence electrons. The van der Waals surface area contributed by atoms with E-state index in [0.717, 1.165) is 19.3 Å². The summed E-state index contributed by atoms with van der Waals surface area (Å²) in [5, 5.41) is 13.8. The first kappa shape index (κ1) is 12.8. The monoisotopic (exact) mass is 230 g/mol. The van der Waals surface area contributed by atoms with Crippen LogP contribution in [0.5, 0.6) is 0 Å². The molecule has 0 unspecified atom stereocenters. The number of carboxylic acids is 1. The lowest BCUT2D eigenvalue weighted by molar-refractivity contribution is -0.136. The van der Waals surface area contributed by atoms with E-state index >= 15 is 0 Å². The second-order valence-electron chi connectivity index (χ2n) is 4.09. The molecule has 1 fully saturated rings. The van der Waals surface area contributed by atoms with Gasteiger partial charge in [0, 0.05) is 13.7 Å². The predicted molar refractivity (Wildman–Crippen MR) is 57.2 cm³/mol. The van der Waals surface area contributed by atoms with Crippen molar-refractivity contribution in [1.82, 2.24) is 10.6 Å². The third kappa shape index (κ3) is 3.69. The first-order valence-corrected chi connectivity index (χ1v) is 5.35. The molecule has 0 heterocycles. The summed E-state index contributed by atoms with van der Waals surface area (Å²) in [6.07, 6.45) is 2.84. The fraction of sp³-hybridized carbons (Fsp3) is 0.800. The van der Waals surface area contributed by atoms with Crippen LogP contribution in [0.2, 0.25) is 0 Å². The summed E-state index contributed by atoms with van der Waals surface area (Å²) in [6.45, 7) is 0.642. The quantitative estimate of drug-likeness (QED) is 0.613. The van der Waals surface area contributed by atoms with Gasteiger partial charge in [-0.15, -0.1) is 0 Å². The van der Waals surface area contributed by atoms with Gasteiger partial charge in [-0.3, -0.25) is 4.79 Å². The first-order chi connectivity index (χ1) is 7.58. The number of carbonyl (C=O) groups is 2. The van der Waals surface area contributed by atoms with E-state index < -0.39 is 5.97 Å². The molecule has 6 heteroatoms. The number of carboxylic acid groups (broad SMARTS) is 1. The van der Waals surface area contributed by atoms with E-state index in [1.54, 1.807) is 7.11 Å². The Morgan fingerprint density at radius 2 is 2.12 bits per heavy atom. The molecule has 3 N–H and O–H groups in total. The van der Waals surface area contributed by atoms with Crippen LogP contribution in [0.4, 0.5) is 4.79 Å². The third-order valence-electron chi connectivity index (χ3n) is 2.73. The van der Waals surface area contributed by atoms with E-state index in [1.807, 2.05) is 0 Å². The molecule has 0 spiro atoms. The summed E-state index contributed by atoms with van der Waals surface area (Å²) in [5.41, 5.74) is -0.248. The van der Waals surface area contributed by atoms with Crippen LogP contribution >= 0.6 is 0 Å². The topological polar surface area (TPSA) is 87.7 Å². The van der Waals surface area contributed by atoms with Crippen LogP contribution in [0.25, 0.3) is 0 Å². The Bertz CT molecular complexity index is 264. The van der Waals surface area contributed by atoms with Gasteiger partial charge in [-0.25, -0.2) is 4.79 Å². The van der Waals surface area contributed by atoms with Crippen molar-refractivity contribution in [2.45, 2.75) is 31.2 Å². The maximum atomic E-state index is 11.4. The van der Waals surface area contributed by atoms with Gasteiger partial charge in [0.2, 0.25) is 0 Å². The van der Waals surface area contributed by atoms with Gasteiger partial charge in [-0.05, 0) is 19.3 Å². The number of carbonyl (C=O) groups excluding carboxylic acids is 1. The van der Waals surface area contributed by atoms with Crippen LogP contribution in [0.1, 0.15) is 25.7 Å². The van der Waals surface area contributed by atoms with Gasteiger partial charge < -0.3 is 20.5 Å². The normalized spacial score (nSPS) is 17.3. The molecule has 16 heavy (non-hydrogen) atoms. The van der Waals surface area contributed by atoms with Crippen LogP contribution in [-0.4, -0.2) is 42.9 Å². The number of ether oxygens (including phenoxy) is 1. The molecule has 0 atom stereocenters. The Balaban J connectivity index is 2.24. The van der Waals surface area contributed by atoms with Crippen molar-refractivity contribution in [2.75, 3.05) is 20.3 Å². The van der Waals surface area contributed by atoms with Crippen molar-refractivity contribution in [2.24, 2.45) is 0 Å². The highest BCUT2D eigenvalue weighted by Gasteiger charge is 2.38. The maximum Gasteiger partial charge on any atom is 0.315 e. The van der Waals surface area contributed by atoms with Crippen LogP contribution < -0.4 is 10.6 Å². The Labute approximate surface area is 94.3 Å². The lowest BCUT2D eigenvalue weighted by Gasteiger charge is -2.41. The first-order valence-electron chi connectivity index (χ1n) is 5.35. The highest BCUT2D eigenvalue weighted by atomic mass is 16.5. The molecular formula is C10H18N2O4. The summed E-state index contributed by atoms with van der Waals surface area (Å²) in [5.74, 6) is -0.921. The molecule has 0 aromatic rings. The van der Waals surface area contributed by atoms with Crippen LogP contribution in [0, 0.1) is 0 Å². The number of rotatable bonds is 6. The Morgan fingerprint density at radius 3 is 2.56 bits per heavy atom. The molecule has 1 rings (SSSR count). The van der Waals surface area contributed by atoms with Crippen molar-refractivity contribution in [3.8, 4) is 0 Å². The van der Waals surface area contributed by atoms with E-state index in [-0.39, 0.29) is 24.5 Å². The van der Waals surface area contributed by atoms with E-state index in [2.05, 4.69) is 10.6 Å². The molecule has 1 saturated carbocycles. The molecule has 6 nitrogen and oxygen atoms in total. The van der Waals surface area contributed by atoms with Crippen molar-refractivity contribution in [3.05, 3.63) is 0 Å². The van der Waals surface area contributed by atoms with Gasteiger partial charge in [0.25, 0.3) is 0 Å². The summed E-state index contributed by atoms with van der Waals surface area (Å²) in [6, 6.07) is -0.321. The minimum Gasteiger partial charge on any atom is -0.481 e. The zero-order valence-electron chi connectivity index (χ0n) is 9.41. The zero-order valence-corrected chi connectivity index (χ0v) is 9.41. The second kappa shape index (κ2) is 5.69. The fourth-order valence-electron chi connectivity index (χ4n) is 1.75. The van der Waals surface area contributed by atoms with Crippen LogP contribution in [-0.2, 0) is 9.53 Å². The van der Waals surface area contributed by atoms with E-state index in [0.29, 0.717) is 6.61 Å². The van der Waals surface area contributed by atoms with E-state index in [9.17, 15) is 9.59 Å². The van der Waals surface area contributed by atoms with Gasteiger partial charge >= 0.3 is 12.0 Å². The molecule has 0 saturated heterocycles. The summed E-state index contributed by atoms with van der Waals surface area (Å²) in [7, 11) is 1.60. The second-order valence-corrected chi connectivity index (χ2v) is 4.09. The molecule has 1 aliphatic rings. The van der Waals surface area contributed by atoms with Gasteiger partial charge in [-0.2, -0.15) is 0 Å². The lowest BCUT2D eigenvalue weighted by atomic mass is 9.77. The smallest absolute Gasteiger partial charge is 0.315 e. The van der Waals surface area contributed by atoms with Crippen molar-refractivity contribution < 1.29 is 19.4 Å². The molecule has 1 aliphatic carbocycles. The van der Waals surface area contributed by atoms with Crippen LogP contribution in [0.15, 0.2) is 0 Å². The molecule has 0 bridgehead atoms. The van der Waals surface area contributed by atoms with Gasteiger partial charge in [0.1, 0.15) is 0 Å². The SMILES string of the molecule is COCC1(NC(=O)NCCC(=O)O)CCC1. The minimum absolute atomic E-state index is 0.0648. The number of nitrogens with one attached hydrogen (secondary N) is 2. The highest BCUT2D eigenvalue weighted by Crippen LogP contribution is 2.31. The number of amides is 2. The average Bonchev–Trinajstić information content (AvgIpc) is 2.14. The fourth-order valence-corrected chi connectivity index (χ4v) is 1.75. The van der Waals surface area contributed by atoms with Gasteiger partial charge in [0.05, 0.1) is 18.6 Å². The third-order valence-corrected chi connectivity index (χ3v) is 2.73. The number of methoxy groups -OCH3 is 1. The predicted octanol–water partition coefficient (Wildman–Crippen LogP) is 0.329. The molecular weight excluding hydrogens is 212 g/mol. The summed E-state index contributed by atoms with van der Waals surface area (Å²) in [4.78, 5) is 21.7. The molecule has 0 radical (unpaired) electrons. The molecule has 0 aliphatic heterocycles. The number of urea groups is 1. The summed E-state index contributed by atoms with van der Waals surface area (Å²) < 4.78 is 5.06. The Hall–Kier alpha value is -1.30. The molecule has 0 aromatic heterocycles. The van der Waals surface area contributed by atoms with Crippen molar-refractivity contribution >= 4 is 12.0 Å². The largest absolute Gasteiger partial charge is 0.481 e.